The number of anilines is 1. The first-order chi connectivity index (χ1) is 21.9. The van der Waals surface area contributed by atoms with E-state index in [9.17, 15) is 27.9 Å². The molecule has 11 nitrogen and oxygen atoms in total. The van der Waals surface area contributed by atoms with Gasteiger partial charge in [-0.2, -0.15) is 18.2 Å². The van der Waals surface area contributed by atoms with Crippen LogP contribution in [0.5, 0.6) is 6.01 Å². The quantitative estimate of drug-likeness (QED) is 0.245. The van der Waals surface area contributed by atoms with Crippen molar-refractivity contribution >= 4 is 62.4 Å². The number of piperidine rings is 1. The van der Waals surface area contributed by atoms with Crippen LogP contribution in [-0.4, -0.2) is 73.2 Å². The molecule has 3 aromatic heterocycles. The van der Waals surface area contributed by atoms with Gasteiger partial charge in [0.15, 0.2) is 11.4 Å². The standard InChI is InChI=1S/C31H28ClF3N6O5/c1-15-13-39(16(2)42)11-10-21(15)41-25-19(32)7-5-8-20(25)36-30(41)45-17-12-22(28(43)44)40(14-17)27-26-24(37-29(38-27)31(33,34)35)18-6-3-4-9-23(18)46-26/h3-9,15,17,21-22H,10-14H2,1-2H3,(H,43,44)/t15-,17-,21-,22-/m0/s1. The number of benzene rings is 2. The van der Waals surface area contributed by atoms with Crippen LogP contribution in [0.1, 0.15) is 38.6 Å². The number of aromatic nitrogens is 4. The van der Waals surface area contributed by atoms with Gasteiger partial charge in [-0.15, -0.1) is 0 Å². The minimum absolute atomic E-state index is 0.00342. The van der Waals surface area contributed by atoms with E-state index in [1.807, 2.05) is 11.5 Å². The number of fused-ring (bicyclic) bond motifs is 4. The van der Waals surface area contributed by atoms with Crippen molar-refractivity contribution < 1.29 is 37.0 Å². The van der Waals surface area contributed by atoms with E-state index in [-0.39, 0.29) is 53.8 Å². The third kappa shape index (κ3) is 5.04. The van der Waals surface area contributed by atoms with Crippen molar-refractivity contribution in [1.29, 1.82) is 0 Å². The van der Waals surface area contributed by atoms with E-state index in [2.05, 4.69) is 9.97 Å². The first-order valence-corrected chi connectivity index (χ1v) is 15.1. The van der Waals surface area contributed by atoms with Crippen LogP contribution in [0, 0.1) is 5.92 Å². The molecule has 0 bridgehead atoms. The number of aliphatic carboxylic acids is 1. The number of alkyl halides is 3. The molecule has 4 atom stereocenters. The van der Waals surface area contributed by atoms with Gasteiger partial charge in [0.25, 0.3) is 6.01 Å². The van der Waals surface area contributed by atoms with Crippen LogP contribution in [0.4, 0.5) is 19.0 Å². The Kier molecular flexibility index (Phi) is 7.22. The number of hydrogen-bond acceptors (Lipinski definition) is 8. The topological polar surface area (TPSA) is 127 Å². The van der Waals surface area contributed by atoms with E-state index >= 15 is 0 Å². The van der Waals surface area contributed by atoms with E-state index in [4.69, 9.17) is 25.7 Å². The van der Waals surface area contributed by atoms with Crippen molar-refractivity contribution in [3.8, 4) is 6.01 Å². The van der Waals surface area contributed by atoms with Crippen LogP contribution >= 0.6 is 11.6 Å². The van der Waals surface area contributed by atoms with Crippen LogP contribution in [0.15, 0.2) is 46.9 Å². The number of amides is 1. The first-order valence-electron chi connectivity index (χ1n) is 14.7. The molecule has 15 heteroatoms. The Morgan fingerprint density at radius 3 is 2.59 bits per heavy atom. The molecule has 2 fully saturated rings. The molecule has 46 heavy (non-hydrogen) atoms. The molecule has 5 aromatic rings. The van der Waals surface area contributed by atoms with E-state index in [0.717, 1.165) is 0 Å². The monoisotopic (exact) mass is 656 g/mol. The number of carboxylic acids is 1. The number of imidazole rings is 1. The van der Waals surface area contributed by atoms with Gasteiger partial charge < -0.3 is 24.1 Å². The second-order valence-corrected chi connectivity index (χ2v) is 12.2. The lowest BCUT2D eigenvalue weighted by Gasteiger charge is -2.38. The van der Waals surface area contributed by atoms with Gasteiger partial charge in [-0.25, -0.2) is 14.8 Å². The highest BCUT2D eigenvalue weighted by molar-refractivity contribution is 6.35. The van der Waals surface area contributed by atoms with Gasteiger partial charge in [-0.05, 0) is 36.6 Å². The maximum Gasteiger partial charge on any atom is 0.451 e. The highest BCUT2D eigenvalue weighted by Gasteiger charge is 2.44. The molecule has 0 radical (unpaired) electrons. The van der Waals surface area contributed by atoms with Gasteiger partial charge >= 0.3 is 12.1 Å². The molecule has 5 heterocycles. The summed E-state index contributed by atoms with van der Waals surface area (Å²) in [5.74, 6) is -2.96. The number of furan rings is 1. The summed E-state index contributed by atoms with van der Waals surface area (Å²) in [6, 6.07) is 10.6. The zero-order valence-corrected chi connectivity index (χ0v) is 25.4. The van der Waals surface area contributed by atoms with Gasteiger partial charge in [0, 0.05) is 37.9 Å². The van der Waals surface area contributed by atoms with E-state index in [1.165, 1.54) is 11.8 Å². The van der Waals surface area contributed by atoms with Crippen LogP contribution in [-0.2, 0) is 15.8 Å². The highest BCUT2D eigenvalue weighted by Crippen LogP contribution is 2.41. The molecule has 2 aliphatic heterocycles. The summed E-state index contributed by atoms with van der Waals surface area (Å²) in [6.45, 7) is 4.48. The number of carboxylic acid groups (broad SMARTS) is 1. The zero-order chi connectivity index (χ0) is 32.5. The van der Waals surface area contributed by atoms with Gasteiger partial charge in [0.1, 0.15) is 23.2 Å². The number of halogens is 4. The third-order valence-electron chi connectivity index (χ3n) is 8.81. The lowest BCUT2D eigenvalue weighted by atomic mass is 9.93. The summed E-state index contributed by atoms with van der Waals surface area (Å²) >= 11 is 6.66. The van der Waals surface area contributed by atoms with Crippen LogP contribution < -0.4 is 9.64 Å². The molecule has 2 saturated heterocycles. The summed E-state index contributed by atoms with van der Waals surface area (Å²) in [5.41, 5.74) is 1.39. The fourth-order valence-electron chi connectivity index (χ4n) is 6.68. The smallest absolute Gasteiger partial charge is 0.451 e. The predicted octanol–water partition coefficient (Wildman–Crippen LogP) is 5.94. The number of likely N-dealkylation sites (tertiary alicyclic amines) is 1. The lowest BCUT2D eigenvalue weighted by Crippen LogP contribution is -2.42. The summed E-state index contributed by atoms with van der Waals surface area (Å²) in [4.78, 5) is 39.9. The summed E-state index contributed by atoms with van der Waals surface area (Å²) in [7, 11) is 0. The molecular formula is C31H28ClF3N6O5. The number of para-hydroxylation sites is 2. The van der Waals surface area contributed by atoms with Crippen molar-refractivity contribution in [2.75, 3.05) is 24.5 Å². The number of nitrogens with zero attached hydrogens (tertiary/aromatic N) is 6. The number of hydrogen-bond donors (Lipinski definition) is 1. The van der Waals surface area contributed by atoms with E-state index in [0.29, 0.717) is 46.5 Å². The van der Waals surface area contributed by atoms with Crippen molar-refractivity contribution in [2.45, 2.75) is 51.1 Å². The van der Waals surface area contributed by atoms with Crippen LogP contribution in [0.3, 0.4) is 0 Å². The first kappa shape index (κ1) is 30.1. The van der Waals surface area contributed by atoms with E-state index < -0.39 is 30.1 Å². The Labute approximate surface area is 264 Å². The minimum atomic E-state index is -4.89. The SMILES string of the molecule is CC(=O)N1CC[C@H](n2c(O[C@H]3C[C@@H](C(=O)O)N(c4nc(C(F)(F)F)nc5c4oc4ccccc45)C3)nc3cccc(Cl)c32)[C@@H](C)C1. The molecule has 0 spiro atoms. The highest BCUT2D eigenvalue weighted by atomic mass is 35.5. The second kappa shape index (κ2) is 11.0. The molecule has 2 aliphatic rings. The molecule has 1 amide bonds. The van der Waals surface area contributed by atoms with E-state index in [1.54, 1.807) is 47.4 Å². The molecule has 1 N–H and O–H groups in total. The van der Waals surface area contributed by atoms with Gasteiger partial charge in [-0.3, -0.25) is 9.36 Å². The Morgan fingerprint density at radius 2 is 1.87 bits per heavy atom. The average molecular weight is 657 g/mol. The minimum Gasteiger partial charge on any atom is -0.480 e. The molecule has 7 rings (SSSR count). The molecule has 0 unspecified atom stereocenters. The Balaban J connectivity index is 1.29. The molecular weight excluding hydrogens is 629 g/mol. The average Bonchev–Trinajstić information content (AvgIpc) is 3.70. The maximum absolute atomic E-state index is 14.0. The molecule has 0 saturated carbocycles. The summed E-state index contributed by atoms with van der Waals surface area (Å²) in [6.07, 6.45) is -5.16. The van der Waals surface area contributed by atoms with Crippen molar-refractivity contribution in [1.82, 2.24) is 24.4 Å². The van der Waals surface area contributed by atoms with Crippen LogP contribution in [0.25, 0.3) is 33.1 Å². The maximum atomic E-state index is 14.0. The largest absolute Gasteiger partial charge is 0.480 e. The van der Waals surface area contributed by atoms with Crippen LogP contribution in [0.2, 0.25) is 5.02 Å². The summed E-state index contributed by atoms with van der Waals surface area (Å²) in [5, 5.41) is 11.0. The van der Waals surface area contributed by atoms with Gasteiger partial charge in [0.2, 0.25) is 11.7 Å². The number of rotatable bonds is 5. The van der Waals surface area contributed by atoms with Gasteiger partial charge in [-0.1, -0.05) is 36.7 Å². The Bertz CT molecular complexity index is 2010. The summed E-state index contributed by atoms with van der Waals surface area (Å²) < 4.78 is 56.3. The number of carbonyl (C=O) groups is 2. The van der Waals surface area contributed by atoms with Crippen molar-refractivity contribution in [2.24, 2.45) is 5.92 Å². The Hall–Kier alpha value is -4.59. The molecule has 240 valence electrons. The fourth-order valence-corrected chi connectivity index (χ4v) is 6.94. The molecule has 0 aliphatic carbocycles. The predicted molar refractivity (Wildman–Crippen MR) is 162 cm³/mol. The fraction of sp³-hybridized carbons (Fsp3) is 0.387. The lowest BCUT2D eigenvalue weighted by molar-refractivity contribution is -0.144. The number of carbonyl (C=O) groups excluding carboxylic acids is 1. The second-order valence-electron chi connectivity index (χ2n) is 11.8. The normalized spacial score (nSPS) is 22.3. The van der Waals surface area contributed by atoms with Crippen molar-refractivity contribution in [3.05, 3.63) is 53.3 Å². The molecule has 2 aromatic carbocycles. The Morgan fingerprint density at radius 1 is 1.09 bits per heavy atom. The zero-order valence-electron chi connectivity index (χ0n) is 24.7. The third-order valence-corrected chi connectivity index (χ3v) is 9.12. The van der Waals surface area contributed by atoms with Crippen molar-refractivity contribution in [3.63, 3.8) is 0 Å². The number of ether oxygens (including phenoxy) is 1. The van der Waals surface area contributed by atoms with Gasteiger partial charge in [0.05, 0.1) is 22.6 Å².